The number of fused-ring (bicyclic) bond motifs is 1. The predicted octanol–water partition coefficient (Wildman–Crippen LogP) is 1.93. The number of ketones is 1. The number of nitrogens with one attached hydrogen (secondary N) is 1. The first-order valence-corrected chi connectivity index (χ1v) is 7.00. The molecule has 0 radical (unpaired) electrons. The van der Waals surface area contributed by atoms with E-state index in [9.17, 15) is 9.59 Å². The molecule has 1 aliphatic rings. The van der Waals surface area contributed by atoms with E-state index in [0.717, 1.165) is 5.69 Å². The molecule has 1 atom stereocenters. The van der Waals surface area contributed by atoms with E-state index in [1.165, 1.54) is 13.1 Å². The molecule has 3 heterocycles. The van der Waals surface area contributed by atoms with E-state index in [2.05, 4.69) is 15.3 Å². The number of pyridine rings is 2. The zero-order valence-corrected chi connectivity index (χ0v) is 12.1. The topological polar surface area (TPSA) is 81.2 Å². The number of aromatic nitrogens is 2. The third-order valence-electron chi connectivity index (χ3n) is 3.50. The van der Waals surface area contributed by atoms with E-state index < -0.39 is 0 Å². The summed E-state index contributed by atoms with van der Waals surface area (Å²) >= 11 is 0. The number of Topliss-reactive ketones (excluding diaryl/α,β-unsaturated/α-hetero) is 1. The van der Waals surface area contributed by atoms with Crippen molar-refractivity contribution < 1.29 is 14.3 Å². The smallest absolute Gasteiger partial charge is 0.270 e. The summed E-state index contributed by atoms with van der Waals surface area (Å²) in [6.45, 7) is 1.99. The predicted molar refractivity (Wildman–Crippen MR) is 78.8 cm³/mol. The normalized spacial score (nSPS) is 16.3. The van der Waals surface area contributed by atoms with Gasteiger partial charge in [0.1, 0.15) is 17.1 Å². The van der Waals surface area contributed by atoms with Crippen LogP contribution in [0.25, 0.3) is 0 Å². The lowest BCUT2D eigenvalue weighted by Crippen LogP contribution is -2.33. The summed E-state index contributed by atoms with van der Waals surface area (Å²) in [5, 5.41) is 2.91. The third kappa shape index (κ3) is 2.81. The van der Waals surface area contributed by atoms with Crippen molar-refractivity contribution in [3.05, 3.63) is 53.6 Å². The lowest BCUT2D eigenvalue weighted by molar-refractivity contribution is 0.0916. The van der Waals surface area contributed by atoms with Gasteiger partial charge >= 0.3 is 0 Å². The van der Waals surface area contributed by atoms with Gasteiger partial charge in [0.25, 0.3) is 5.91 Å². The maximum absolute atomic E-state index is 12.3. The van der Waals surface area contributed by atoms with Crippen molar-refractivity contribution in [2.75, 3.05) is 6.61 Å². The molecular formula is C16H15N3O3. The van der Waals surface area contributed by atoms with Crippen LogP contribution in [0.4, 0.5) is 0 Å². The fourth-order valence-electron chi connectivity index (χ4n) is 2.32. The number of hydrogen-bond donors (Lipinski definition) is 1. The van der Waals surface area contributed by atoms with Crippen LogP contribution in [-0.2, 0) is 0 Å². The minimum Gasteiger partial charge on any atom is -0.491 e. The number of carbonyl (C=O) groups excluding carboxylic acids is 2. The Bertz CT molecular complexity index is 713. The molecule has 112 valence electrons. The first-order chi connectivity index (χ1) is 10.6. The fraction of sp³-hybridized carbons (Fsp3) is 0.250. The lowest BCUT2D eigenvalue weighted by atomic mass is 10.1. The van der Waals surface area contributed by atoms with Crippen LogP contribution >= 0.6 is 0 Å². The summed E-state index contributed by atoms with van der Waals surface area (Å²) in [5.41, 5.74) is 1.48. The first-order valence-electron chi connectivity index (χ1n) is 7.00. The average Bonchev–Trinajstić information content (AvgIpc) is 2.55. The minimum absolute atomic E-state index is 0.0815. The number of nitrogens with zero attached hydrogens (tertiary/aromatic N) is 2. The van der Waals surface area contributed by atoms with Gasteiger partial charge in [-0.1, -0.05) is 0 Å². The van der Waals surface area contributed by atoms with Crippen LogP contribution in [0.3, 0.4) is 0 Å². The van der Waals surface area contributed by atoms with Crippen molar-refractivity contribution in [1.82, 2.24) is 15.3 Å². The Morgan fingerprint density at radius 1 is 1.27 bits per heavy atom. The van der Waals surface area contributed by atoms with Crippen molar-refractivity contribution in [3.8, 4) is 5.75 Å². The van der Waals surface area contributed by atoms with E-state index in [1.54, 1.807) is 24.4 Å². The molecule has 1 N–H and O–H groups in total. The molecule has 3 rings (SSSR count). The van der Waals surface area contributed by atoms with Crippen molar-refractivity contribution in [2.24, 2.45) is 0 Å². The Morgan fingerprint density at radius 3 is 2.86 bits per heavy atom. The Hall–Kier alpha value is -2.76. The molecule has 22 heavy (non-hydrogen) atoms. The summed E-state index contributed by atoms with van der Waals surface area (Å²) in [6, 6.07) is 6.57. The van der Waals surface area contributed by atoms with Crippen molar-refractivity contribution >= 4 is 11.7 Å². The van der Waals surface area contributed by atoms with E-state index in [1.807, 2.05) is 6.07 Å². The van der Waals surface area contributed by atoms with Gasteiger partial charge in [-0.25, -0.2) is 0 Å². The highest BCUT2D eigenvalue weighted by Gasteiger charge is 2.24. The Balaban J connectivity index is 1.76. The van der Waals surface area contributed by atoms with Crippen LogP contribution in [0.1, 0.15) is 45.9 Å². The highest BCUT2D eigenvalue weighted by atomic mass is 16.5. The molecule has 1 aliphatic heterocycles. The molecule has 0 saturated heterocycles. The average molecular weight is 297 g/mol. The van der Waals surface area contributed by atoms with E-state index >= 15 is 0 Å². The van der Waals surface area contributed by atoms with Gasteiger partial charge in [0.2, 0.25) is 0 Å². The second kappa shape index (κ2) is 5.93. The largest absolute Gasteiger partial charge is 0.491 e. The van der Waals surface area contributed by atoms with Crippen molar-refractivity contribution in [1.29, 1.82) is 0 Å². The number of hydrogen-bond acceptors (Lipinski definition) is 5. The molecule has 6 heteroatoms. The Kier molecular flexibility index (Phi) is 3.82. The van der Waals surface area contributed by atoms with Gasteiger partial charge in [0, 0.05) is 24.4 Å². The van der Waals surface area contributed by atoms with Gasteiger partial charge < -0.3 is 10.1 Å². The molecule has 0 saturated carbocycles. The number of ether oxygens (including phenoxy) is 1. The molecule has 0 spiro atoms. The highest BCUT2D eigenvalue weighted by molar-refractivity contribution is 5.96. The van der Waals surface area contributed by atoms with Gasteiger partial charge in [-0.05, 0) is 31.2 Å². The molecule has 2 aromatic heterocycles. The second-order valence-electron chi connectivity index (χ2n) is 5.04. The van der Waals surface area contributed by atoms with Crippen molar-refractivity contribution in [2.45, 2.75) is 19.4 Å². The van der Waals surface area contributed by atoms with E-state index in [0.29, 0.717) is 24.3 Å². The summed E-state index contributed by atoms with van der Waals surface area (Å²) in [6.07, 6.45) is 3.74. The molecule has 0 fully saturated rings. The van der Waals surface area contributed by atoms with Gasteiger partial charge in [-0.2, -0.15) is 0 Å². The number of carbonyl (C=O) groups is 2. The molecule has 0 aliphatic carbocycles. The van der Waals surface area contributed by atoms with Crippen molar-refractivity contribution in [3.63, 3.8) is 0 Å². The van der Waals surface area contributed by atoms with Crippen LogP contribution < -0.4 is 10.1 Å². The summed E-state index contributed by atoms with van der Waals surface area (Å²) in [5.74, 6) is 0.319. The van der Waals surface area contributed by atoms with Crippen LogP contribution in [0.5, 0.6) is 5.75 Å². The van der Waals surface area contributed by atoms with Crippen LogP contribution in [0.15, 0.2) is 36.7 Å². The standard InChI is InChI=1S/C16H15N3O3/c1-10(20)11-4-5-13(18-9-11)16(21)19-12-6-8-22-14-3-2-7-17-15(12)14/h2-5,7,9,12H,6,8H2,1H3,(H,19,21). The number of amides is 1. The summed E-state index contributed by atoms with van der Waals surface area (Å²) < 4.78 is 5.52. The zero-order valence-electron chi connectivity index (χ0n) is 12.1. The minimum atomic E-state index is -0.293. The van der Waals surface area contributed by atoms with Gasteiger partial charge in [-0.15, -0.1) is 0 Å². The Morgan fingerprint density at radius 2 is 2.14 bits per heavy atom. The lowest BCUT2D eigenvalue weighted by Gasteiger charge is -2.25. The second-order valence-corrected chi connectivity index (χ2v) is 5.04. The molecule has 2 aromatic rings. The van der Waals surface area contributed by atoms with Crippen LogP contribution in [0.2, 0.25) is 0 Å². The molecule has 1 unspecified atom stereocenters. The first kappa shape index (κ1) is 14.2. The SMILES string of the molecule is CC(=O)c1ccc(C(=O)NC2CCOc3cccnc32)nc1. The number of rotatable bonds is 3. The summed E-state index contributed by atoms with van der Waals surface area (Å²) in [7, 11) is 0. The fourth-order valence-corrected chi connectivity index (χ4v) is 2.32. The zero-order chi connectivity index (χ0) is 15.5. The van der Waals surface area contributed by atoms with E-state index in [-0.39, 0.29) is 23.4 Å². The molecule has 1 amide bonds. The van der Waals surface area contributed by atoms with E-state index in [4.69, 9.17) is 4.74 Å². The molecule has 0 aromatic carbocycles. The monoisotopic (exact) mass is 297 g/mol. The quantitative estimate of drug-likeness (QED) is 0.875. The van der Waals surface area contributed by atoms with Gasteiger partial charge in [-0.3, -0.25) is 19.6 Å². The highest BCUT2D eigenvalue weighted by Crippen LogP contribution is 2.29. The maximum Gasteiger partial charge on any atom is 0.270 e. The summed E-state index contributed by atoms with van der Waals surface area (Å²) in [4.78, 5) is 31.8. The van der Waals surface area contributed by atoms with Crippen LogP contribution in [-0.4, -0.2) is 28.3 Å². The third-order valence-corrected chi connectivity index (χ3v) is 3.50. The molecule has 0 bridgehead atoms. The Labute approximate surface area is 127 Å². The van der Waals surface area contributed by atoms with Gasteiger partial charge in [0.05, 0.1) is 12.6 Å². The van der Waals surface area contributed by atoms with Crippen LogP contribution in [0, 0.1) is 0 Å². The molecular weight excluding hydrogens is 282 g/mol. The maximum atomic E-state index is 12.3. The van der Waals surface area contributed by atoms with Gasteiger partial charge in [0.15, 0.2) is 5.78 Å². The molecule has 6 nitrogen and oxygen atoms in total.